The van der Waals surface area contributed by atoms with E-state index in [9.17, 15) is 13.0 Å². The highest BCUT2D eigenvalue weighted by molar-refractivity contribution is 7.85. The lowest BCUT2D eigenvalue weighted by atomic mass is 10.1. The van der Waals surface area contributed by atoms with Crippen molar-refractivity contribution >= 4 is 22.4 Å². The van der Waals surface area contributed by atoms with Gasteiger partial charge in [0.1, 0.15) is 16.9 Å². The Balaban J connectivity index is 2.13. The van der Waals surface area contributed by atoms with Crippen molar-refractivity contribution in [2.24, 2.45) is 0 Å². The van der Waals surface area contributed by atoms with Crippen molar-refractivity contribution in [3.63, 3.8) is 0 Å². The molecule has 134 valence electrons. The van der Waals surface area contributed by atoms with E-state index in [-0.39, 0.29) is 5.56 Å². The standard InChI is InChI=1S/C20H16ClF2NOS/c1-2-13-3-10-19(24-12-13)20(17-11-15(22)6-9-18(17)23)26(25)16-7-4-14(21)5-8-16/h3-12,20H,2H2,1H3. The molecule has 2 nitrogen and oxygen atoms in total. The number of aromatic nitrogens is 1. The molecule has 2 unspecified atom stereocenters. The average Bonchev–Trinajstić information content (AvgIpc) is 2.66. The molecule has 0 aliphatic rings. The average molecular weight is 392 g/mol. The Morgan fingerprint density at radius 3 is 2.42 bits per heavy atom. The Morgan fingerprint density at radius 1 is 1.08 bits per heavy atom. The molecule has 0 saturated heterocycles. The van der Waals surface area contributed by atoms with E-state index in [2.05, 4.69) is 4.98 Å². The quantitative estimate of drug-likeness (QED) is 0.577. The second-order valence-electron chi connectivity index (χ2n) is 5.74. The van der Waals surface area contributed by atoms with Gasteiger partial charge in [-0.2, -0.15) is 0 Å². The lowest BCUT2D eigenvalue weighted by Gasteiger charge is -2.18. The second-order valence-corrected chi connectivity index (χ2v) is 7.72. The fraction of sp³-hybridized carbons (Fsp3) is 0.150. The summed E-state index contributed by atoms with van der Waals surface area (Å²) in [5, 5.41) is -0.428. The molecule has 2 aromatic carbocycles. The Hall–Kier alpha value is -2.11. The smallest absolute Gasteiger partial charge is 0.128 e. The van der Waals surface area contributed by atoms with Gasteiger partial charge in [-0.05, 0) is 60.5 Å². The number of aryl methyl sites for hydroxylation is 1. The van der Waals surface area contributed by atoms with Gasteiger partial charge in [0.05, 0.1) is 16.5 Å². The van der Waals surface area contributed by atoms with Crippen molar-refractivity contribution in [3.8, 4) is 0 Å². The molecule has 6 heteroatoms. The third-order valence-electron chi connectivity index (χ3n) is 4.03. The summed E-state index contributed by atoms with van der Waals surface area (Å²) in [7, 11) is -1.69. The Labute approximate surface area is 158 Å². The van der Waals surface area contributed by atoms with E-state index in [1.54, 1.807) is 36.5 Å². The fourth-order valence-electron chi connectivity index (χ4n) is 2.60. The molecule has 0 saturated carbocycles. The van der Waals surface area contributed by atoms with Crippen molar-refractivity contribution in [2.75, 3.05) is 0 Å². The van der Waals surface area contributed by atoms with Crippen LogP contribution in [0, 0.1) is 11.6 Å². The first kappa shape index (κ1) is 18.7. The van der Waals surface area contributed by atoms with Crippen LogP contribution >= 0.6 is 11.6 Å². The molecular formula is C20H16ClF2NOS. The van der Waals surface area contributed by atoms with Gasteiger partial charge in [-0.3, -0.25) is 9.19 Å². The predicted molar refractivity (Wildman–Crippen MR) is 99.7 cm³/mol. The Morgan fingerprint density at radius 2 is 1.81 bits per heavy atom. The Bertz CT molecular complexity index is 930. The molecule has 0 bridgehead atoms. The Kier molecular flexibility index (Phi) is 5.79. The van der Waals surface area contributed by atoms with Crippen LogP contribution in [0.1, 0.15) is 29.0 Å². The third kappa shape index (κ3) is 4.00. The summed E-state index contributed by atoms with van der Waals surface area (Å²) in [5.41, 5.74) is 1.43. The maximum Gasteiger partial charge on any atom is 0.128 e. The lowest BCUT2D eigenvalue weighted by Crippen LogP contribution is -2.13. The number of hydrogen-bond donors (Lipinski definition) is 0. The van der Waals surface area contributed by atoms with Crippen LogP contribution in [0.3, 0.4) is 0 Å². The molecule has 3 aromatic rings. The highest BCUT2D eigenvalue weighted by Gasteiger charge is 2.27. The van der Waals surface area contributed by atoms with Gasteiger partial charge in [0.2, 0.25) is 0 Å². The van der Waals surface area contributed by atoms with Crippen molar-refractivity contribution in [2.45, 2.75) is 23.5 Å². The van der Waals surface area contributed by atoms with E-state index < -0.39 is 27.7 Å². The zero-order chi connectivity index (χ0) is 18.7. The first-order chi connectivity index (χ1) is 12.5. The summed E-state index contributed by atoms with van der Waals surface area (Å²) in [6.45, 7) is 1.99. The highest BCUT2D eigenvalue weighted by Crippen LogP contribution is 2.33. The van der Waals surface area contributed by atoms with Gasteiger partial charge < -0.3 is 0 Å². The topological polar surface area (TPSA) is 30.0 Å². The number of pyridine rings is 1. The van der Waals surface area contributed by atoms with E-state index >= 15 is 0 Å². The maximum absolute atomic E-state index is 14.4. The molecule has 0 aliphatic heterocycles. The van der Waals surface area contributed by atoms with Crippen molar-refractivity contribution < 1.29 is 13.0 Å². The molecule has 1 aromatic heterocycles. The number of nitrogens with zero attached hydrogens (tertiary/aromatic N) is 1. The summed E-state index contributed by atoms with van der Waals surface area (Å²) >= 11 is 5.89. The summed E-state index contributed by atoms with van der Waals surface area (Å²) in [5.74, 6) is -1.22. The van der Waals surface area contributed by atoms with Crippen LogP contribution in [0.5, 0.6) is 0 Å². The van der Waals surface area contributed by atoms with Crippen LogP contribution in [0.25, 0.3) is 0 Å². The normalized spacial score (nSPS) is 13.4. The second kappa shape index (κ2) is 8.06. The van der Waals surface area contributed by atoms with Crippen molar-refractivity contribution in [1.82, 2.24) is 4.98 Å². The lowest BCUT2D eigenvalue weighted by molar-refractivity contribution is 0.584. The molecule has 0 aliphatic carbocycles. The zero-order valence-corrected chi connectivity index (χ0v) is 15.5. The largest absolute Gasteiger partial charge is 0.259 e. The monoisotopic (exact) mass is 391 g/mol. The van der Waals surface area contributed by atoms with Crippen LogP contribution < -0.4 is 0 Å². The molecule has 0 amide bonds. The summed E-state index contributed by atoms with van der Waals surface area (Å²) < 4.78 is 41.4. The number of benzene rings is 2. The maximum atomic E-state index is 14.4. The van der Waals surface area contributed by atoms with Crippen LogP contribution in [-0.4, -0.2) is 9.19 Å². The molecule has 0 fully saturated rings. The van der Waals surface area contributed by atoms with Crippen molar-refractivity contribution in [1.29, 1.82) is 0 Å². The van der Waals surface area contributed by atoms with Gasteiger partial charge in [0.15, 0.2) is 0 Å². The molecule has 1 heterocycles. The molecule has 0 N–H and O–H groups in total. The minimum absolute atomic E-state index is 0.00929. The zero-order valence-electron chi connectivity index (χ0n) is 14.0. The molecule has 26 heavy (non-hydrogen) atoms. The van der Waals surface area contributed by atoms with Crippen LogP contribution in [0.4, 0.5) is 8.78 Å². The molecule has 0 radical (unpaired) electrons. The first-order valence-corrected chi connectivity index (χ1v) is 9.64. The number of hydrogen-bond acceptors (Lipinski definition) is 2. The minimum atomic E-state index is -1.69. The summed E-state index contributed by atoms with van der Waals surface area (Å²) in [6.07, 6.45) is 2.46. The van der Waals surface area contributed by atoms with Gasteiger partial charge in [-0.25, -0.2) is 8.78 Å². The molecule has 3 rings (SSSR count). The van der Waals surface area contributed by atoms with Crippen molar-refractivity contribution in [3.05, 3.63) is 94.3 Å². The van der Waals surface area contributed by atoms with E-state index in [4.69, 9.17) is 11.6 Å². The van der Waals surface area contributed by atoms with Gasteiger partial charge >= 0.3 is 0 Å². The van der Waals surface area contributed by atoms with Gasteiger partial charge in [-0.15, -0.1) is 0 Å². The van der Waals surface area contributed by atoms with Gasteiger partial charge in [-0.1, -0.05) is 24.6 Å². The minimum Gasteiger partial charge on any atom is -0.259 e. The number of rotatable bonds is 5. The molecule has 0 spiro atoms. The van der Waals surface area contributed by atoms with E-state index in [1.807, 2.05) is 13.0 Å². The number of halogens is 3. The van der Waals surface area contributed by atoms with Crippen LogP contribution in [-0.2, 0) is 17.2 Å². The SMILES string of the molecule is CCc1ccc(C(c2cc(F)ccc2F)S(=O)c2ccc(Cl)cc2)nc1. The predicted octanol–water partition coefficient (Wildman–Crippen LogP) is 5.47. The van der Waals surface area contributed by atoms with E-state index in [0.717, 1.165) is 30.2 Å². The molecular weight excluding hydrogens is 376 g/mol. The van der Waals surface area contributed by atoms with E-state index in [0.29, 0.717) is 15.6 Å². The summed E-state index contributed by atoms with van der Waals surface area (Å²) in [6, 6.07) is 13.2. The van der Waals surface area contributed by atoms with Gasteiger partial charge in [0.25, 0.3) is 0 Å². The van der Waals surface area contributed by atoms with Crippen LogP contribution in [0.2, 0.25) is 5.02 Å². The first-order valence-electron chi connectivity index (χ1n) is 8.05. The third-order valence-corrected chi connectivity index (χ3v) is 5.94. The summed E-state index contributed by atoms with van der Waals surface area (Å²) in [4.78, 5) is 4.82. The van der Waals surface area contributed by atoms with Crippen LogP contribution in [0.15, 0.2) is 65.7 Å². The van der Waals surface area contributed by atoms with Gasteiger partial charge in [0, 0.05) is 21.7 Å². The fourth-order valence-corrected chi connectivity index (χ4v) is 4.18. The van der Waals surface area contributed by atoms with E-state index in [1.165, 1.54) is 0 Å². The molecule has 2 atom stereocenters. The highest BCUT2D eigenvalue weighted by atomic mass is 35.5.